The minimum absolute atomic E-state index is 0.0896. The van der Waals surface area contributed by atoms with Crippen LogP contribution in [0.1, 0.15) is 25.8 Å². The number of halogens is 1. The predicted octanol–water partition coefficient (Wildman–Crippen LogP) is 3.00. The maximum atomic E-state index is 13.5. The van der Waals surface area contributed by atoms with Gasteiger partial charge < -0.3 is 5.32 Å². The van der Waals surface area contributed by atoms with Crippen molar-refractivity contribution in [2.75, 3.05) is 13.6 Å². The fraction of sp³-hybridized carbons (Fsp3) is 0.538. The molecule has 0 amide bonds. The van der Waals surface area contributed by atoms with Crippen molar-refractivity contribution >= 4 is 0 Å². The van der Waals surface area contributed by atoms with Gasteiger partial charge in [-0.05, 0) is 36.9 Å². The third kappa shape index (κ3) is 3.31. The van der Waals surface area contributed by atoms with E-state index in [1.807, 2.05) is 19.2 Å². The van der Waals surface area contributed by atoms with Crippen LogP contribution in [0.2, 0.25) is 0 Å². The van der Waals surface area contributed by atoms with Gasteiger partial charge >= 0.3 is 0 Å². The summed E-state index contributed by atoms with van der Waals surface area (Å²) in [5.74, 6) is -0.0896. The van der Waals surface area contributed by atoms with Crippen LogP contribution in [-0.4, -0.2) is 13.6 Å². The molecule has 0 fully saturated rings. The van der Waals surface area contributed by atoms with E-state index in [4.69, 9.17) is 0 Å². The van der Waals surface area contributed by atoms with Crippen LogP contribution in [0.4, 0.5) is 4.39 Å². The van der Waals surface area contributed by atoms with E-state index in [-0.39, 0.29) is 11.2 Å². The van der Waals surface area contributed by atoms with E-state index >= 15 is 0 Å². The number of benzene rings is 1. The Morgan fingerprint density at radius 2 is 2.00 bits per heavy atom. The molecule has 15 heavy (non-hydrogen) atoms. The summed E-state index contributed by atoms with van der Waals surface area (Å²) in [7, 11) is 1.94. The molecule has 0 radical (unpaired) electrons. The molecule has 2 heteroatoms. The van der Waals surface area contributed by atoms with Gasteiger partial charge in [-0.2, -0.15) is 0 Å². The lowest BCUT2D eigenvalue weighted by molar-refractivity contribution is 0.295. The standard InChI is InChI=1S/C13H20FN/c1-4-13(2,10-15-3)9-11-7-5-6-8-12(11)14/h5-8,15H,4,9-10H2,1-3H3. The zero-order chi connectivity index (χ0) is 11.3. The first kappa shape index (κ1) is 12.2. The fourth-order valence-electron chi connectivity index (χ4n) is 1.84. The summed E-state index contributed by atoms with van der Waals surface area (Å²) in [6.07, 6.45) is 1.83. The van der Waals surface area contributed by atoms with Gasteiger partial charge in [0.2, 0.25) is 0 Å². The lowest BCUT2D eigenvalue weighted by atomic mass is 9.81. The molecule has 1 nitrogen and oxygen atoms in total. The second-order valence-corrected chi connectivity index (χ2v) is 4.46. The average Bonchev–Trinajstić information content (AvgIpc) is 2.22. The Balaban J connectivity index is 2.79. The molecule has 0 aliphatic carbocycles. The number of rotatable bonds is 5. The van der Waals surface area contributed by atoms with Crippen molar-refractivity contribution in [1.82, 2.24) is 5.32 Å². The van der Waals surface area contributed by atoms with Crippen molar-refractivity contribution in [1.29, 1.82) is 0 Å². The topological polar surface area (TPSA) is 12.0 Å². The molecular weight excluding hydrogens is 189 g/mol. The minimum atomic E-state index is -0.0896. The van der Waals surface area contributed by atoms with Gasteiger partial charge in [0.05, 0.1) is 0 Å². The van der Waals surface area contributed by atoms with Crippen LogP contribution in [0, 0.1) is 11.2 Å². The second kappa shape index (κ2) is 5.26. The normalized spacial score (nSPS) is 14.9. The summed E-state index contributed by atoms with van der Waals surface area (Å²) in [5.41, 5.74) is 0.953. The van der Waals surface area contributed by atoms with Crippen molar-refractivity contribution in [2.45, 2.75) is 26.7 Å². The number of hydrogen-bond acceptors (Lipinski definition) is 1. The molecule has 1 aromatic rings. The van der Waals surface area contributed by atoms with Crippen LogP contribution in [0.25, 0.3) is 0 Å². The van der Waals surface area contributed by atoms with Crippen LogP contribution in [0.5, 0.6) is 0 Å². The summed E-state index contributed by atoms with van der Waals surface area (Å²) in [5, 5.41) is 3.18. The zero-order valence-corrected chi connectivity index (χ0v) is 9.81. The molecule has 1 atom stereocenters. The first-order valence-corrected chi connectivity index (χ1v) is 5.49. The molecule has 1 N–H and O–H groups in total. The molecule has 0 aliphatic rings. The van der Waals surface area contributed by atoms with Crippen LogP contribution in [-0.2, 0) is 6.42 Å². The zero-order valence-electron chi connectivity index (χ0n) is 9.81. The molecule has 0 aromatic heterocycles. The number of nitrogens with one attached hydrogen (secondary N) is 1. The van der Waals surface area contributed by atoms with E-state index in [2.05, 4.69) is 19.2 Å². The van der Waals surface area contributed by atoms with Gasteiger partial charge in [-0.25, -0.2) is 4.39 Å². The second-order valence-electron chi connectivity index (χ2n) is 4.46. The van der Waals surface area contributed by atoms with Crippen molar-refractivity contribution in [3.8, 4) is 0 Å². The summed E-state index contributed by atoms with van der Waals surface area (Å²) in [4.78, 5) is 0. The molecule has 1 rings (SSSR count). The number of hydrogen-bond donors (Lipinski definition) is 1. The van der Waals surface area contributed by atoms with E-state index in [1.54, 1.807) is 6.07 Å². The van der Waals surface area contributed by atoms with E-state index < -0.39 is 0 Å². The van der Waals surface area contributed by atoms with Crippen LogP contribution >= 0.6 is 0 Å². The largest absolute Gasteiger partial charge is 0.319 e. The SMILES string of the molecule is CCC(C)(CNC)Cc1ccccc1F. The highest BCUT2D eigenvalue weighted by Gasteiger charge is 2.22. The maximum Gasteiger partial charge on any atom is 0.126 e. The third-order valence-corrected chi connectivity index (χ3v) is 3.03. The van der Waals surface area contributed by atoms with Gasteiger partial charge in [-0.1, -0.05) is 32.0 Å². The molecule has 0 aliphatic heterocycles. The first-order chi connectivity index (χ1) is 7.11. The summed E-state index contributed by atoms with van der Waals surface area (Å²) >= 11 is 0. The maximum absolute atomic E-state index is 13.5. The van der Waals surface area contributed by atoms with Crippen molar-refractivity contribution < 1.29 is 4.39 Å². The summed E-state index contributed by atoms with van der Waals surface area (Å²) in [6, 6.07) is 7.04. The average molecular weight is 209 g/mol. The van der Waals surface area contributed by atoms with Gasteiger partial charge in [-0.15, -0.1) is 0 Å². The van der Waals surface area contributed by atoms with Gasteiger partial charge in [0.1, 0.15) is 5.82 Å². The van der Waals surface area contributed by atoms with E-state index in [9.17, 15) is 4.39 Å². The Morgan fingerprint density at radius 1 is 1.33 bits per heavy atom. The molecule has 0 heterocycles. The molecule has 0 saturated heterocycles. The van der Waals surface area contributed by atoms with Crippen LogP contribution < -0.4 is 5.32 Å². The summed E-state index contributed by atoms with van der Waals surface area (Å²) in [6.45, 7) is 5.26. The minimum Gasteiger partial charge on any atom is -0.319 e. The van der Waals surface area contributed by atoms with Crippen LogP contribution in [0.3, 0.4) is 0 Å². The van der Waals surface area contributed by atoms with E-state index in [0.717, 1.165) is 24.9 Å². The highest BCUT2D eigenvalue weighted by Crippen LogP contribution is 2.26. The Morgan fingerprint density at radius 3 is 2.53 bits per heavy atom. The van der Waals surface area contributed by atoms with Crippen molar-refractivity contribution in [3.05, 3.63) is 35.6 Å². The Labute approximate surface area is 91.7 Å². The fourth-order valence-corrected chi connectivity index (χ4v) is 1.84. The van der Waals surface area contributed by atoms with Crippen LogP contribution in [0.15, 0.2) is 24.3 Å². The highest BCUT2D eigenvalue weighted by molar-refractivity contribution is 5.18. The summed E-state index contributed by atoms with van der Waals surface area (Å²) < 4.78 is 13.5. The molecule has 1 aromatic carbocycles. The Kier molecular flexibility index (Phi) is 4.28. The smallest absolute Gasteiger partial charge is 0.126 e. The third-order valence-electron chi connectivity index (χ3n) is 3.03. The predicted molar refractivity (Wildman–Crippen MR) is 62.4 cm³/mol. The Hall–Kier alpha value is -0.890. The monoisotopic (exact) mass is 209 g/mol. The quantitative estimate of drug-likeness (QED) is 0.786. The molecule has 84 valence electrons. The van der Waals surface area contributed by atoms with Gasteiger partial charge in [0.25, 0.3) is 0 Å². The van der Waals surface area contributed by atoms with Crippen molar-refractivity contribution in [3.63, 3.8) is 0 Å². The van der Waals surface area contributed by atoms with Gasteiger partial charge in [-0.3, -0.25) is 0 Å². The molecular formula is C13H20FN. The lowest BCUT2D eigenvalue weighted by Crippen LogP contribution is -2.31. The molecule has 0 spiro atoms. The molecule has 0 bridgehead atoms. The highest BCUT2D eigenvalue weighted by atomic mass is 19.1. The van der Waals surface area contributed by atoms with E-state index in [1.165, 1.54) is 6.07 Å². The van der Waals surface area contributed by atoms with E-state index in [0.29, 0.717) is 0 Å². The molecule has 0 saturated carbocycles. The lowest BCUT2D eigenvalue weighted by Gasteiger charge is -2.28. The Bertz CT molecular complexity index is 311. The van der Waals surface area contributed by atoms with Gasteiger partial charge in [0, 0.05) is 6.54 Å². The first-order valence-electron chi connectivity index (χ1n) is 5.49. The molecule has 1 unspecified atom stereocenters. The van der Waals surface area contributed by atoms with Crippen molar-refractivity contribution in [2.24, 2.45) is 5.41 Å². The van der Waals surface area contributed by atoms with Gasteiger partial charge in [0.15, 0.2) is 0 Å².